The molecule has 3 N–H and O–H groups in total. The Bertz CT molecular complexity index is 877. The summed E-state index contributed by atoms with van der Waals surface area (Å²) in [5.74, 6) is -0.210. The highest BCUT2D eigenvalue weighted by Gasteiger charge is 2.20. The van der Waals surface area contributed by atoms with Crippen LogP contribution < -0.4 is 10.5 Å². The van der Waals surface area contributed by atoms with Crippen molar-refractivity contribution in [3.63, 3.8) is 0 Å². The second kappa shape index (κ2) is 5.74. The van der Waals surface area contributed by atoms with E-state index in [9.17, 15) is 13.2 Å². The van der Waals surface area contributed by atoms with Gasteiger partial charge in [0.05, 0.1) is 9.77 Å². The summed E-state index contributed by atoms with van der Waals surface area (Å²) in [6.07, 6.45) is 3.21. The lowest BCUT2D eigenvalue weighted by atomic mass is 10.1. The van der Waals surface area contributed by atoms with Crippen molar-refractivity contribution < 1.29 is 13.2 Å². The SMILES string of the molecule is Cc1cc(S(N)(=O)=O)cc(NC(=O)c2cc3c(s2)CCC3)c1C. The third kappa shape index (κ3) is 3.17. The van der Waals surface area contributed by atoms with E-state index in [0.29, 0.717) is 10.6 Å². The lowest BCUT2D eigenvalue weighted by molar-refractivity contribution is 0.103. The van der Waals surface area contributed by atoms with Gasteiger partial charge in [-0.2, -0.15) is 0 Å². The van der Waals surface area contributed by atoms with Crippen LogP contribution in [0.4, 0.5) is 5.69 Å². The van der Waals surface area contributed by atoms with Gasteiger partial charge in [0.2, 0.25) is 10.0 Å². The van der Waals surface area contributed by atoms with Crippen LogP contribution in [0.3, 0.4) is 0 Å². The maximum atomic E-state index is 12.5. The Balaban J connectivity index is 1.92. The lowest BCUT2D eigenvalue weighted by Gasteiger charge is -2.12. The van der Waals surface area contributed by atoms with Crippen LogP contribution in [0, 0.1) is 13.8 Å². The zero-order valence-electron chi connectivity index (χ0n) is 13.0. The standard InChI is InChI=1S/C16H18N2O3S2/c1-9-6-12(23(17,20)21)8-13(10(9)2)18-16(19)15-7-11-4-3-5-14(11)22-15/h6-8H,3-5H2,1-2H3,(H,18,19)(H2,17,20,21). The lowest BCUT2D eigenvalue weighted by Crippen LogP contribution is -2.16. The summed E-state index contributed by atoms with van der Waals surface area (Å²) < 4.78 is 23.1. The fraction of sp³-hybridized carbons (Fsp3) is 0.312. The van der Waals surface area contributed by atoms with E-state index in [0.717, 1.165) is 30.4 Å². The Kier molecular flexibility index (Phi) is 4.03. The number of fused-ring (bicyclic) bond motifs is 1. The summed E-state index contributed by atoms with van der Waals surface area (Å²) in [4.78, 5) is 14.4. The zero-order chi connectivity index (χ0) is 16.8. The van der Waals surface area contributed by atoms with Gasteiger partial charge in [0.1, 0.15) is 0 Å². The van der Waals surface area contributed by atoms with E-state index in [4.69, 9.17) is 5.14 Å². The fourth-order valence-electron chi connectivity index (χ4n) is 2.75. The van der Waals surface area contributed by atoms with Gasteiger partial charge in [0.15, 0.2) is 0 Å². The maximum absolute atomic E-state index is 12.5. The molecular weight excluding hydrogens is 332 g/mol. The van der Waals surface area contributed by atoms with Crippen molar-refractivity contribution in [2.75, 3.05) is 5.32 Å². The molecule has 0 radical (unpaired) electrons. The summed E-state index contributed by atoms with van der Waals surface area (Å²) in [6, 6.07) is 4.87. The molecule has 7 heteroatoms. The molecular formula is C16H18N2O3S2. The maximum Gasteiger partial charge on any atom is 0.265 e. The first-order valence-corrected chi connectivity index (χ1v) is 9.69. The fourth-order valence-corrected chi connectivity index (χ4v) is 4.52. The van der Waals surface area contributed by atoms with Crippen molar-refractivity contribution in [2.24, 2.45) is 5.14 Å². The number of sulfonamides is 1. The molecule has 1 amide bonds. The Morgan fingerprint density at radius 3 is 2.61 bits per heavy atom. The van der Waals surface area contributed by atoms with Crippen LogP contribution >= 0.6 is 11.3 Å². The molecule has 0 saturated carbocycles. The molecule has 122 valence electrons. The van der Waals surface area contributed by atoms with Crippen molar-refractivity contribution in [3.05, 3.63) is 44.6 Å². The normalized spacial score (nSPS) is 13.9. The highest BCUT2D eigenvalue weighted by molar-refractivity contribution is 7.89. The van der Waals surface area contributed by atoms with Gasteiger partial charge in [-0.3, -0.25) is 4.79 Å². The number of aryl methyl sites for hydroxylation is 3. The van der Waals surface area contributed by atoms with Crippen molar-refractivity contribution in [1.29, 1.82) is 0 Å². The van der Waals surface area contributed by atoms with E-state index < -0.39 is 10.0 Å². The number of hydrogen-bond acceptors (Lipinski definition) is 4. The third-order valence-electron chi connectivity index (χ3n) is 4.19. The number of anilines is 1. The highest BCUT2D eigenvalue weighted by Crippen LogP contribution is 2.31. The van der Waals surface area contributed by atoms with Crippen LogP contribution in [0.25, 0.3) is 0 Å². The van der Waals surface area contributed by atoms with Crippen LogP contribution in [0.15, 0.2) is 23.1 Å². The Hall–Kier alpha value is -1.70. The van der Waals surface area contributed by atoms with E-state index in [1.54, 1.807) is 6.92 Å². The van der Waals surface area contributed by atoms with Crippen LogP contribution in [-0.2, 0) is 22.9 Å². The van der Waals surface area contributed by atoms with Crippen LogP contribution in [0.5, 0.6) is 0 Å². The molecule has 0 bridgehead atoms. The minimum absolute atomic E-state index is 0.00424. The van der Waals surface area contributed by atoms with Crippen LogP contribution in [0.1, 0.15) is 37.7 Å². The first-order chi connectivity index (χ1) is 10.8. The predicted molar refractivity (Wildman–Crippen MR) is 91.6 cm³/mol. The van der Waals surface area contributed by atoms with Crippen molar-refractivity contribution in [2.45, 2.75) is 38.0 Å². The number of primary sulfonamides is 1. The van der Waals surface area contributed by atoms with E-state index in [1.165, 1.54) is 33.9 Å². The van der Waals surface area contributed by atoms with Crippen LogP contribution in [-0.4, -0.2) is 14.3 Å². The summed E-state index contributed by atoms with van der Waals surface area (Å²) >= 11 is 1.51. The molecule has 5 nitrogen and oxygen atoms in total. The molecule has 1 aromatic carbocycles. The second-order valence-corrected chi connectivity index (χ2v) is 8.52. The highest BCUT2D eigenvalue weighted by atomic mass is 32.2. The second-order valence-electron chi connectivity index (χ2n) is 5.82. The number of carbonyl (C=O) groups excluding carboxylic acids is 1. The van der Waals surface area contributed by atoms with Crippen molar-refractivity contribution in [3.8, 4) is 0 Å². The van der Waals surface area contributed by atoms with Gasteiger partial charge < -0.3 is 5.32 Å². The van der Waals surface area contributed by atoms with Crippen molar-refractivity contribution in [1.82, 2.24) is 0 Å². The first kappa shape index (κ1) is 16.2. The molecule has 0 aliphatic heterocycles. The molecule has 1 heterocycles. The average molecular weight is 350 g/mol. The Morgan fingerprint density at radius 2 is 1.96 bits per heavy atom. The number of amides is 1. The average Bonchev–Trinajstić information content (AvgIpc) is 3.03. The van der Waals surface area contributed by atoms with E-state index in [2.05, 4.69) is 5.32 Å². The molecule has 3 rings (SSSR count). The largest absolute Gasteiger partial charge is 0.321 e. The van der Waals surface area contributed by atoms with Gasteiger partial charge in [-0.25, -0.2) is 13.6 Å². The molecule has 0 saturated heterocycles. The summed E-state index contributed by atoms with van der Waals surface area (Å²) in [5, 5.41) is 8.02. The summed E-state index contributed by atoms with van der Waals surface area (Å²) in [6.45, 7) is 3.63. The number of carbonyl (C=O) groups is 1. The van der Waals surface area contributed by atoms with Crippen LogP contribution in [0.2, 0.25) is 0 Å². The molecule has 0 spiro atoms. The number of nitrogens with two attached hydrogens (primary N) is 1. The smallest absolute Gasteiger partial charge is 0.265 e. The minimum Gasteiger partial charge on any atom is -0.321 e. The quantitative estimate of drug-likeness (QED) is 0.892. The minimum atomic E-state index is -3.81. The number of hydrogen-bond donors (Lipinski definition) is 2. The number of thiophene rings is 1. The molecule has 0 unspecified atom stereocenters. The van der Waals surface area contributed by atoms with Gasteiger partial charge >= 0.3 is 0 Å². The topological polar surface area (TPSA) is 89.3 Å². The predicted octanol–water partition coefficient (Wildman–Crippen LogP) is 2.75. The molecule has 0 atom stereocenters. The van der Waals surface area contributed by atoms with Gasteiger partial charge in [-0.15, -0.1) is 11.3 Å². The van der Waals surface area contributed by atoms with E-state index >= 15 is 0 Å². The molecule has 1 aliphatic rings. The molecule has 2 aromatic rings. The Labute approximate surface area is 139 Å². The third-order valence-corrected chi connectivity index (χ3v) is 6.32. The van der Waals surface area contributed by atoms with Crippen molar-refractivity contribution >= 4 is 33.0 Å². The zero-order valence-corrected chi connectivity index (χ0v) is 14.6. The summed E-state index contributed by atoms with van der Waals surface area (Å²) in [5.41, 5.74) is 3.33. The molecule has 1 aliphatic carbocycles. The van der Waals surface area contributed by atoms with Gasteiger partial charge in [0, 0.05) is 10.6 Å². The number of benzene rings is 1. The monoisotopic (exact) mass is 350 g/mol. The van der Waals surface area contributed by atoms with Gasteiger partial charge in [-0.1, -0.05) is 0 Å². The molecule has 23 heavy (non-hydrogen) atoms. The van der Waals surface area contributed by atoms with E-state index in [1.807, 2.05) is 13.0 Å². The van der Waals surface area contributed by atoms with E-state index in [-0.39, 0.29) is 10.8 Å². The summed E-state index contributed by atoms with van der Waals surface area (Å²) in [7, 11) is -3.81. The van der Waals surface area contributed by atoms with Gasteiger partial charge in [-0.05, 0) is 68.0 Å². The number of nitrogens with one attached hydrogen (secondary N) is 1. The number of rotatable bonds is 3. The van der Waals surface area contributed by atoms with Gasteiger partial charge in [0.25, 0.3) is 5.91 Å². The first-order valence-electron chi connectivity index (χ1n) is 7.32. The Morgan fingerprint density at radius 1 is 1.22 bits per heavy atom. The molecule has 0 fully saturated rings. The molecule has 1 aromatic heterocycles.